The summed E-state index contributed by atoms with van der Waals surface area (Å²) in [7, 11) is 0. The van der Waals surface area contributed by atoms with Gasteiger partial charge in [-0.25, -0.2) is 0 Å². The molecule has 0 radical (unpaired) electrons. The van der Waals surface area contributed by atoms with Crippen molar-refractivity contribution < 1.29 is 4.79 Å². The summed E-state index contributed by atoms with van der Waals surface area (Å²) in [6.45, 7) is 3.50. The highest BCUT2D eigenvalue weighted by Crippen LogP contribution is 2.25. The van der Waals surface area contributed by atoms with Crippen LogP contribution < -0.4 is 5.32 Å². The highest BCUT2D eigenvalue weighted by atomic mass is 35.5. The molecule has 0 fully saturated rings. The number of hydrogen-bond acceptors (Lipinski definition) is 2. The third kappa shape index (κ3) is 4.09. The van der Waals surface area contributed by atoms with Crippen LogP contribution in [0.3, 0.4) is 0 Å². The molecule has 1 amide bonds. The second-order valence-corrected chi connectivity index (χ2v) is 5.72. The first-order valence-corrected chi connectivity index (χ1v) is 7.43. The molecule has 0 aliphatic heterocycles. The Hall–Kier alpha value is -2.31. The molecular formula is C18H17ClN2O. The van der Waals surface area contributed by atoms with Gasteiger partial charge in [0.1, 0.15) is 6.07 Å². The molecule has 2 aromatic carbocycles. The van der Waals surface area contributed by atoms with Gasteiger partial charge >= 0.3 is 0 Å². The summed E-state index contributed by atoms with van der Waals surface area (Å²) >= 11 is 5.95. The largest absolute Gasteiger partial charge is 0.354 e. The smallest absolute Gasteiger partial charge is 0.217 e. The van der Waals surface area contributed by atoms with Crippen LogP contribution in [0.25, 0.3) is 11.1 Å². The molecule has 2 aromatic rings. The Morgan fingerprint density at radius 1 is 1.23 bits per heavy atom. The average molecular weight is 313 g/mol. The van der Waals surface area contributed by atoms with E-state index in [0.29, 0.717) is 10.6 Å². The lowest BCUT2D eigenvalue weighted by Gasteiger charge is -2.12. The summed E-state index contributed by atoms with van der Waals surface area (Å²) in [5, 5.41) is 12.4. The van der Waals surface area contributed by atoms with E-state index < -0.39 is 0 Å². The van der Waals surface area contributed by atoms with Crippen LogP contribution in [0, 0.1) is 11.3 Å². The summed E-state index contributed by atoms with van der Waals surface area (Å²) in [6, 6.07) is 15.7. The Morgan fingerprint density at radius 2 is 1.86 bits per heavy atom. The highest BCUT2D eigenvalue weighted by molar-refractivity contribution is 6.31. The van der Waals surface area contributed by atoms with Gasteiger partial charge in [0.05, 0.1) is 10.6 Å². The quantitative estimate of drug-likeness (QED) is 0.929. The van der Waals surface area contributed by atoms with E-state index in [2.05, 4.69) is 11.4 Å². The minimum absolute atomic E-state index is 0.0192. The van der Waals surface area contributed by atoms with E-state index in [4.69, 9.17) is 16.9 Å². The zero-order valence-corrected chi connectivity index (χ0v) is 13.3. The maximum absolute atomic E-state index is 11.0. The number of carbonyl (C=O) groups excluding carboxylic acids is 1. The van der Waals surface area contributed by atoms with Gasteiger partial charge in [-0.1, -0.05) is 41.9 Å². The molecule has 1 N–H and O–H groups in total. The van der Waals surface area contributed by atoms with E-state index in [9.17, 15) is 4.79 Å². The van der Waals surface area contributed by atoms with Gasteiger partial charge in [-0.05, 0) is 42.2 Å². The standard InChI is InChI=1S/C18H17ClN2O/c1-12(21-13(2)22)9-14-3-5-15(6-4-14)16-7-8-18(19)17(10-16)11-20/h3-8,10,12H,9H2,1-2H3,(H,21,22). The van der Waals surface area contributed by atoms with Crippen molar-refractivity contribution in [1.82, 2.24) is 5.32 Å². The van der Waals surface area contributed by atoms with Crippen molar-refractivity contribution in [2.45, 2.75) is 26.3 Å². The Labute approximate surface area is 135 Å². The number of nitriles is 1. The maximum atomic E-state index is 11.0. The fourth-order valence-corrected chi connectivity index (χ4v) is 2.54. The number of nitrogens with one attached hydrogen (secondary N) is 1. The molecule has 0 saturated heterocycles. The number of halogens is 1. The molecular weight excluding hydrogens is 296 g/mol. The van der Waals surface area contributed by atoms with Gasteiger partial charge in [0.2, 0.25) is 5.91 Å². The Bertz CT molecular complexity index is 717. The number of benzene rings is 2. The third-order valence-corrected chi connectivity index (χ3v) is 3.70. The minimum Gasteiger partial charge on any atom is -0.354 e. The number of carbonyl (C=O) groups is 1. The molecule has 0 bridgehead atoms. The van der Waals surface area contributed by atoms with Crippen LogP contribution in [-0.2, 0) is 11.2 Å². The molecule has 0 spiro atoms. The normalized spacial score (nSPS) is 11.5. The predicted molar refractivity (Wildman–Crippen MR) is 88.6 cm³/mol. The van der Waals surface area contributed by atoms with Crippen molar-refractivity contribution in [2.24, 2.45) is 0 Å². The SMILES string of the molecule is CC(=O)NC(C)Cc1ccc(-c2ccc(Cl)c(C#N)c2)cc1. The first kappa shape index (κ1) is 16.1. The molecule has 0 saturated carbocycles. The van der Waals surface area contributed by atoms with Crippen molar-refractivity contribution in [3.8, 4) is 17.2 Å². The number of rotatable bonds is 4. The van der Waals surface area contributed by atoms with Crippen LogP contribution in [0.2, 0.25) is 5.02 Å². The molecule has 3 nitrogen and oxygen atoms in total. The topological polar surface area (TPSA) is 52.9 Å². The molecule has 22 heavy (non-hydrogen) atoms. The fourth-order valence-electron chi connectivity index (χ4n) is 2.38. The first-order chi connectivity index (χ1) is 10.5. The van der Waals surface area contributed by atoms with E-state index in [0.717, 1.165) is 23.1 Å². The first-order valence-electron chi connectivity index (χ1n) is 7.05. The van der Waals surface area contributed by atoms with Gasteiger partial charge in [-0.3, -0.25) is 4.79 Å². The Balaban J connectivity index is 2.15. The summed E-state index contributed by atoms with van der Waals surface area (Å²) in [6.07, 6.45) is 0.782. The highest BCUT2D eigenvalue weighted by Gasteiger charge is 2.06. The maximum Gasteiger partial charge on any atom is 0.217 e. The van der Waals surface area contributed by atoms with E-state index >= 15 is 0 Å². The van der Waals surface area contributed by atoms with Crippen molar-refractivity contribution in [2.75, 3.05) is 0 Å². The number of hydrogen-bond donors (Lipinski definition) is 1. The van der Waals surface area contributed by atoms with Crippen molar-refractivity contribution in [1.29, 1.82) is 5.26 Å². The van der Waals surface area contributed by atoms with Crippen molar-refractivity contribution >= 4 is 17.5 Å². The average Bonchev–Trinajstić information content (AvgIpc) is 2.48. The van der Waals surface area contributed by atoms with Crippen molar-refractivity contribution in [3.05, 3.63) is 58.6 Å². The fraction of sp³-hybridized carbons (Fsp3) is 0.222. The van der Waals surface area contributed by atoms with E-state index in [-0.39, 0.29) is 11.9 Å². The molecule has 0 aliphatic rings. The van der Waals surface area contributed by atoms with Crippen LogP contribution in [0.4, 0.5) is 0 Å². The number of nitrogens with zero attached hydrogens (tertiary/aromatic N) is 1. The van der Waals surface area contributed by atoms with Gasteiger partial charge in [0.25, 0.3) is 0 Å². The van der Waals surface area contributed by atoms with Crippen molar-refractivity contribution in [3.63, 3.8) is 0 Å². The van der Waals surface area contributed by atoms with Gasteiger partial charge < -0.3 is 5.32 Å². The van der Waals surface area contributed by atoms with Crippen LogP contribution >= 0.6 is 11.6 Å². The molecule has 1 unspecified atom stereocenters. The second-order valence-electron chi connectivity index (χ2n) is 5.31. The summed E-state index contributed by atoms with van der Waals surface area (Å²) in [5.41, 5.74) is 3.62. The van der Waals surface area contributed by atoms with Gasteiger partial charge in [0, 0.05) is 13.0 Å². The molecule has 1 atom stereocenters. The zero-order valence-electron chi connectivity index (χ0n) is 12.6. The third-order valence-electron chi connectivity index (χ3n) is 3.37. The second kappa shape index (κ2) is 7.11. The molecule has 0 aromatic heterocycles. The van der Waals surface area contributed by atoms with E-state index in [1.807, 2.05) is 37.3 Å². The molecule has 0 aliphatic carbocycles. The van der Waals surface area contributed by atoms with Gasteiger partial charge in [0.15, 0.2) is 0 Å². The lowest BCUT2D eigenvalue weighted by molar-refractivity contribution is -0.119. The Morgan fingerprint density at radius 3 is 2.45 bits per heavy atom. The summed E-state index contributed by atoms with van der Waals surface area (Å²) in [5.74, 6) is -0.0192. The number of amides is 1. The zero-order chi connectivity index (χ0) is 16.1. The van der Waals surface area contributed by atoms with E-state index in [1.54, 1.807) is 12.1 Å². The lowest BCUT2D eigenvalue weighted by atomic mass is 10.00. The molecule has 0 heterocycles. The van der Waals surface area contributed by atoms with Gasteiger partial charge in [-0.2, -0.15) is 5.26 Å². The lowest BCUT2D eigenvalue weighted by Crippen LogP contribution is -2.31. The van der Waals surface area contributed by atoms with Gasteiger partial charge in [-0.15, -0.1) is 0 Å². The van der Waals surface area contributed by atoms with Crippen LogP contribution in [-0.4, -0.2) is 11.9 Å². The summed E-state index contributed by atoms with van der Waals surface area (Å²) in [4.78, 5) is 11.0. The van der Waals surface area contributed by atoms with Crippen LogP contribution in [0.5, 0.6) is 0 Å². The van der Waals surface area contributed by atoms with Crippen LogP contribution in [0.1, 0.15) is 25.0 Å². The van der Waals surface area contributed by atoms with Crippen LogP contribution in [0.15, 0.2) is 42.5 Å². The molecule has 2 rings (SSSR count). The summed E-state index contributed by atoms with van der Waals surface area (Å²) < 4.78 is 0. The Kier molecular flexibility index (Phi) is 5.19. The van der Waals surface area contributed by atoms with E-state index in [1.165, 1.54) is 6.92 Å². The predicted octanol–water partition coefficient (Wildman–Crippen LogP) is 3.95. The minimum atomic E-state index is -0.0192. The monoisotopic (exact) mass is 312 g/mol. The molecule has 4 heteroatoms. The molecule has 112 valence electrons.